The van der Waals surface area contributed by atoms with Crippen LogP contribution in [0.1, 0.15) is 30.1 Å². The second kappa shape index (κ2) is 6.28. The van der Waals surface area contributed by atoms with E-state index < -0.39 is 6.10 Å². The highest BCUT2D eigenvalue weighted by Gasteiger charge is 2.35. The normalized spacial score (nSPS) is 15.4. The number of aliphatic hydroxyl groups is 1. The molecule has 1 fully saturated rings. The van der Waals surface area contributed by atoms with Crippen molar-refractivity contribution >= 4 is 5.91 Å². The Bertz CT molecular complexity index is 638. The van der Waals surface area contributed by atoms with Crippen molar-refractivity contribution < 1.29 is 14.3 Å². The largest absolute Gasteiger partial charge is 0.378 e. The van der Waals surface area contributed by atoms with E-state index in [9.17, 15) is 14.3 Å². The lowest BCUT2D eigenvalue weighted by molar-refractivity contribution is -0.141. The number of hydrogen-bond acceptors (Lipinski definition) is 2. The number of aliphatic hydroxyl groups excluding tert-OH is 1. The van der Waals surface area contributed by atoms with Gasteiger partial charge in [0.05, 0.1) is 0 Å². The van der Waals surface area contributed by atoms with Crippen LogP contribution >= 0.6 is 0 Å². The first-order chi connectivity index (χ1) is 10.6. The molecular formula is C18H18FNO2. The summed E-state index contributed by atoms with van der Waals surface area (Å²) in [4.78, 5) is 14.3. The van der Waals surface area contributed by atoms with Crippen LogP contribution in [0.2, 0.25) is 0 Å². The van der Waals surface area contributed by atoms with Gasteiger partial charge in [0.2, 0.25) is 0 Å². The molecule has 0 radical (unpaired) electrons. The van der Waals surface area contributed by atoms with Crippen molar-refractivity contribution in [2.75, 3.05) is 0 Å². The molecule has 3 nitrogen and oxygen atoms in total. The fourth-order valence-corrected chi connectivity index (χ4v) is 2.49. The number of carbonyl (C=O) groups is 1. The van der Waals surface area contributed by atoms with Crippen LogP contribution in [0.15, 0.2) is 54.6 Å². The summed E-state index contributed by atoms with van der Waals surface area (Å²) in [5.41, 5.74) is 1.46. The Balaban J connectivity index is 1.76. The Hall–Kier alpha value is -2.20. The van der Waals surface area contributed by atoms with Crippen molar-refractivity contribution in [2.45, 2.75) is 31.5 Å². The van der Waals surface area contributed by atoms with Gasteiger partial charge in [0.15, 0.2) is 6.10 Å². The highest BCUT2D eigenvalue weighted by Crippen LogP contribution is 2.31. The molecule has 1 atom stereocenters. The third kappa shape index (κ3) is 3.34. The van der Waals surface area contributed by atoms with Crippen LogP contribution in [0.5, 0.6) is 0 Å². The third-order valence-corrected chi connectivity index (χ3v) is 3.89. The number of carbonyl (C=O) groups excluding carboxylic acids is 1. The molecule has 0 heterocycles. The van der Waals surface area contributed by atoms with Crippen LogP contribution in [-0.4, -0.2) is 22.0 Å². The Morgan fingerprint density at radius 2 is 1.77 bits per heavy atom. The highest BCUT2D eigenvalue weighted by atomic mass is 19.1. The van der Waals surface area contributed by atoms with Gasteiger partial charge in [0, 0.05) is 12.6 Å². The van der Waals surface area contributed by atoms with Crippen LogP contribution in [0, 0.1) is 5.82 Å². The average Bonchev–Trinajstić information content (AvgIpc) is 3.38. The maximum Gasteiger partial charge on any atom is 0.256 e. The number of hydrogen-bond donors (Lipinski definition) is 1. The fraction of sp³-hybridized carbons (Fsp3) is 0.278. The molecule has 0 spiro atoms. The molecule has 0 bridgehead atoms. The van der Waals surface area contributed by atoms with Gasteiger partial charge in [-0.1, -0.05) is 42.5 Å². The topological polar surface area (TPSA) is 40.5 Å². The van der Waals surface area contributed by atoms with E-state index in [2.05, 4.69) is 0 Å². The monoisotopic (exact) mass is 299 g/mol. The summed E-state index contributed by atoms with van der Waals surface area (Å²) in [6.45, 7) is 0.397. The second-order valence-corrected chi connectivity index (χ2v) is 5.64. The minimum atomic E-state index is -1.15. The zero-order chi connectivity index (χ0) is 15.5. The van der Waals surface area contributed by atoms with Gasteiger partial charge in [-0.15, -0.1) is 0 Å². The van der Waals surface area contributed by atoms with Crippen molar-refractivity contribution in [1.29, 1.82) is 0 Å². The third-order valence-electron chi connectivity index (χ3n) is 3.89. The Kier molecular flexibility index (Phi) is 4.20. The molecule has 114 valence electrons. The second-order valence-electron chi connectivity index (χ2n) is 5.64. The van der Waals surface area contributed by atoms with Crippen LogP contribution in [0.3, 0.4) is 0 Å². The van der Waals surface area contributed by atoms with E-state index in [4.69, 9.17) is 0 Å². The molecule has 3 rings (SSSR count). The van der Waals surface area contributed by atoms with Gasteiger partial charge in [-0.05, 0) is 36.1 Å². The van der Waals surface area contributed by atoms with Gasteiger partial charge in [-0.2, -0.15) is 0 Å². The Morgan fingerprint density at radius 1 is 1.14 bits per heavy atom. The molecule has 2 aromatic carbocycles. The smallest absolute Gasteiger partial charge is 0.256 e. The molecule has 0 aromatic heterocycles. The van der Waals surface area contributed by atoms with E-state index in [0.717, 1.165) is 18.4 Å². The number of benzene rings is 2. The van der Waals surface area contributed by atoms with E-state index in [1.165, 1.54) is 12.1 Å². The maximum absolute atomic E-state index is 13.0. The lowest BCUT2D eigenvalue weighted by Gasteiger charge is -2.25. The summed E-state index contributed by atoms with van der Waals surface area (Å²) < 4.78 is 13.0. The van der Waals surface area contributed by atoms with Crippen LogP contribution in [0.4, 0.5) is 4.39 Å². The Labute approximate surface area is 129 Å². The molecule has 2 aromatic rings. The van der Waals surface area contributed by atoms with E-state index in [-0.39, 0.29) is 17.8 Å². The standard InChI is InChI=1S/C18H18FNO2/c19-15-8-6-13(7-9-15)12-20(16-10-11-16)18(22)17(21)14-4-2-1-3-5-14/h1-9,16-17,21H,10-12H2. The van der Waals surface area contributed by atoms with Gasteiger partial charge in [-0.25, -0.2) is 4.39 Å². The number of nitrogens with zero attached hydrogens (tertiary/aromatic N) is 1. The molecular weight excluding hydrogens is 281 g/mol. The summed E-state index contributed by atoms with van der Waals surface area (Å²) in [7, 11) is 0. The van der Waals surface area contributed by atoms with Crippen molar-refractivity contribution in [1.82, 2.24) is 4.90 Å². The molecule has 1 unspecified atom stereocenters. The molecule has 1 amide bonds. The molecule has 1 aliphatic rings. The maximum atomic E-state index is 13.0. The minimum Gasteiger partial charge on any atom is -0.378 e. The van der Waals surface area contributed by atoms with E-state index in [1.54, 1.807) is 41.3 Å². The van der Waals surface area contributed by atoms with E-state index >= 15 is 0 Å². The molecule has 1 saturated carbocycles. The van der Waals surface area contributed by atoms with Crippen molar-refractivity contribution in [2.24, 2.45) is 0 Å². The lowest BCUT2D eigenvalue weighted by atomic mass is 10.1. The highest BCUT2D eigenvalue weighted by molar-refractivity contribution is 5.82. The summed E-state index contributed by atoms with van der Waals surface area (Å²) in [6, 6.07) is 15.2. The summed E-state index contributed by atoms with van der Waals surface area (Å²) >= 11 is 0. The number of amides is 1. The van der Waals surface area contributed by atoms with Gasteiger partial charge in [0.1, 0.15) is 5.82 Å². The van der Waals surface area contributed by atoms with E-state index in [0.29, 0.717) is 12.1 Å². The van der Waals surface area contributed by atoms with Crippen molar-refractivity contribution in [3.05, 3.63) is 71.5 Å². The summed E-state index contributed by atoms with van der Waals surface area (Å²) in [5, 5.41) is 10.3. The van der Waals surface area contributed by atoms with Gasteiger partial charge < -0.3 is 10.0 Å². The average molecular weight is 299 g/mol. The first-order valence-electron chi connectivity index (χ1n) is 7.43. The van der Waals surface area contributed by atoms with Crippen LogP contribution in [-0.2, 0) is 11.3 Å². The Morgan fingerprint density at radius 3 is 2.36 bits per heavy atom. The van der Waals surface area contributed by atoms with Crippen LogP contribution < -0.4 is 0 Å². The zero-order valence-corrected chi connectivity index (χ0v) is 12.2. The quantitative estimate of drug-likeness (QED) is 0.922. The van der Waals surface area contributed by atoms with E-state index in [1.807, 2.05) is 6.07 Å². The SMILES string of the molecule is O=C(C(O)c1ccccc1)N(Cc1ccc(F)cc1)C1CC1. The summed E-state index contributed by atoms with van der Waals surface area (Å²) in [5.74, 6) is -0.588. The summed E-state index contributed by atoms with van der Waals surface area (Å²) in [6.07, 6.45) is 0.755. The zero-order valence-electron chi connectivity index (χ0n) is 12.2. The number of halogens is 1. The van der Waals surface area contributed by atoms with Crippen molar-refractivity contribution in [3.8, 4) is 0 Å². The molecule has 4 heteroatoms. The lowest BCUT2D eigenvalue weighted by Crippen LogP contribution is -2.36. The molecule has 1 N–H and O–H groups in total. The molecule has 22 heavy (non-hydrogen) atoms. The van der Waals surface area contributed by atoms with Crippen molar-refractivity contribution in [3.63, 3.8) is 0 Å². The molecule has 1 aliphatic carbocycles. The predicted octanol–water partition coefficient (Wildman–Crippen LogP) is 3.05. The first-order valence-corrected chi connectivity index (χ1v) is 7.43. The fourth-order valence-electron chi connectivity index (χ4n) is 2.49. The number of rotatable bonds is 5. The van der Waals surface area contributed by atoms with Gasteiger partial charge >= 0.3 is 0 Å². The van der Waals surface area contributed by atoms with Crippen LogP contribution in [0.25, 0.3) is 0 Å². The predicted molar refractivity (Wildman–Crippen MR) is 81.4 cm³/mol. The molecule has 0 saturated heterocycles. The van der Waals surface area contributed by atoms with Gasteiger partial charge in [-0.3, -0.25) is 4.79 Å². The minimum absolute atomic E-state index is 0.177. The van der Waals surface area contributed by atoms with Gasteiger partial charge in [0.25, 0.3) is 5.91 Å². The molecule has 0 aliphatic heterocycles. The first kappa shape index (κ1) is 14.7.